The minimum absolute atomic E-state index is 0.324. The number of nitriles is 1. The zero-order chi connectivity index (χ0) is 14.5. The van der Waals surface area contributed by atoms with Crippen molar-refractivity contribution in [1.29, 1.82) is 5.26 Å². The van der Waals surface area contributed by atoms with Gasteiger partial charge in [0.25, 0.3) is 0 Å². The van der Waals surface area contributed by atoms with Crippen LogP contribution in [0.2, 0.25) is 0 Å². The number of rotatable bonds is 4. The number of hydrogen-bond donors (Lipinski definition) is 1. The van der Waals surface area contributed by atoms with Crippen LogP contribution in [-0.2, 0) is 0 Å². The maximum absolute atomic E-state index is 9.41. The molecule has 0 saturated carbocycles. The van der Waals surface area contributed by atoms with Gasteiger partial charge in [-0.1, -0.05) is 48.5 Å². The van der Waals surface area contributed by atoms with Gasteiger partial charge < -0.3 is 5.32 Å². The van der Waals surface area contributed by atoms with Gasteiger partial charge in [-0.25, -0.2) is 0 Å². The van der Waals surface area contributed by atoms with Crippen LogP contribution in [0.25, 0.3) is 11.1 Å². The first-order valence-electron chi connectivity index (χ1n) is 6.72. The fraction of sp³-hybridized carbons (Fsp3) is 0.0556. The molecule has 1 unspecified atom stereocenters. The summed E-state index contributed by atoms with van der Waals surface area (Å²) in [6, 6.07) is 24.1. The van der Waals surface area contributed by atoms with Gasteiger partial charge in [0.1, 0.15) is 6.04 Å². The maximum atomic E-state index is 9.41. The Bertz CT molecular complexity index is 742. The lowest BCUT2D eigenvalue weighted by Crippen LogP contribution is -2.06. The summed E-state index contributed by atoms with van der Waals surface area (Å²) < 4.78 is 0. The largest absolute Gasteiger partial charge is 0.366 e. The van der Waals surface area contributed by atoms with E-state index in [2.05, 4.69) is 35.0 Å². The normalized spacial score (nSPS) is 11.6. The topological polar surface area (TPSA) is 35.8 Å². The molecule has 2 nitrogen and oxygen atoms in total. The first-order valence-corrected chi connectivity index (χ1v) is 7.60. The smallest absolute Gasteiger partial charge is 0.149 e. The zero-order valence-corrected chi connectivity index (χ0v) is 12.2. The monoisotopic (exact) mass is 290 g/mol. The molecule has 102 valence electrons. The molecule has 3 heteroatoms. The van der Waals surface area contributed by atoms with Gasteiger partial charge in [-0.2, -0.15) is 5.26 Å². The second-order valence-corrected chi connectivity index (χ2v) is 5.62. The van der Waals surface area contributed by atoms with Crippen LogP contribution in [-0.4, -0.2) is 0 Å². The lowest BCUT2D eigenvalue weighted by molar-refractivity contribution is 1.03. The molecule has 0 aliphatic heterocycles. The van der Waals surface area contributed by atoms with Crippen LogP contribution < -0.4 is 5.32 Å². The van der Waals surface area contributed by atoms with Crippen molar-refractivity contribution in [2.75, 3.05) is 5.32 Å². The fourth-order valence-electron chi connectivity index (χ4n) is 2.15. The molecular weight excluding hydrogens is 276 g/mol. The quantitative estimate of drug-likeness (QED) is 0.726. The van der Waals surface area contributed by atoms with Crippen LogP contribution in [0.1, 0.15) is 10.9 Å². The summed E-state index contributed by atoms with van der Waals surface area (Å²) in [5.74, 6) is 0. The van der Waals surface area contributed by atoms with Crippen LogP contribution in [0, 0.1) is 11.3 Å². The van der Waals surface area contributed by atoms with E-state index in [0.29, 0.717) is 0 Å². The van der Waals surface area contributed by atoms with E-state index in [9.17, 15) is 5.26 Å². The first-order chi connectivity index (χ1) is 10.4. The molecule has 1 atom stereocenters. The van der Waals surface area contributed by atoms with Crippen molar-refractivity contribution in [3.63, 3.8) is 0 Å². The Morgan fingerprint density at radius 2 is 1.57 bits per heavy atom. The predicted molar refractivity (Wildman–Crippen MR) is 88.2 cm³/mol. The minimum atomic E-state index is -0.324. The average molecular weight is 290 g/mol. The van der Waals surface area contributed by atoms with E-state index >= 15 is 0 Å². The second kappa shape index (κ2) is 6.25. The molecule has 0 saturated heterocycles. The third kappa shape index (κ3) is 3.13. The van der Waals surface area contributed by atoms with E-state index in [1.807, 2.05) is 48.5 Å². The molecule has 1 aromatic heterocycles. The SMILES string of the molecule is N#CC(Nc1ccccc1)c1cc(-c2ccccc2)cs1. The van der Waals surface area contributed by atoms with E-state index in [1.54, 1.807) is 11.3 Å². The summed E-state index contributed by atoms with van der Waals surface area (Å²) in [4.78, 5) is 1.03. The van der Waals surface area contributed by atoms with Crippen LogP contribution in [0.5, 0.6) is 0 Å². The van der Waals surface area contributed by atoms with E-state index in [-0.39, 0.29) is 6.04 Å². The molecule has 0 amide bonds. The van der Waals surface area contributed by atoms with Gasteiger partial charge in [0.2, 0.25) is 0 Å². The Morgan fingerprint density at radius 1 is 0.905 bits per heavy atom. The van der Waals surface area contributed by atoms with E-state index in [1.165, 1.54) is 5.56 Å². The lowest BCUT2D eigenvalue weighted by Gasteiger charge is -2.10. The molecule has 0 bridgehead atoms. The molecule has 0 radical (unpaired) electrons. The molecule has 0 aliphatic rings. The number of nitrogens with one attached hydrogen (secondary N) is 1. The van der Waals surface area contributed by atoms with Gasteiger partial charge in [-0.15, -0.1) is 11.3 Å². The molecule has 3 aromatic rings. The van der Waals surface area contributed by atoms with Crippen molar-refractivity contribution < 1.29 is 0 Å². The van der Waals surface area contributed by atoms with Crippen molar-refractivity contribution in [2.24, 2.45) is 0 Å². The highest BCUT2D eigenvalue weighted by Gasteiger charge is 2.13. The van der Waals surface area contributed by atoms with Crippen LogP contribution in [0.4, 0.5) is 5.69 Å². The summed E-state index contributed by atoms with van der Waals surface area (Å²) in [5.41, 5.74) is 3.29. The van der Waals surface area contributed by atoms with Crippen LogP contribution >= 0.6 is 11.3 Å². The van der Waals surface area contributed by atoms with Crippen molar-refractivity contribution in [2.45, 2.75) is 6.04 Å². The molecule has 3 rings (SSSR count). The molecular formula is C18H14N2S. The Morgan fingerprint density at radius 3 is 2.24 bits per heavy atom. The summed E-state index contributed by atoms with van der Waals surface area (Å²) >= 11 is 1.61. The Hall–Kier alpha value is -2.57. The summed E-state index contributed by atoms with van der Waals surface area (Å²) in [5, 5.41) is 14.8. The first kappa shape index (κ1) is 13.4. The van der Waals surface area contributed by atoms with Crippen molar-refractivity contribution in [1.82, 2.24) is 0 Å². The molecule has 0 fully saturated rings. The summed E-state index contributed by atoms with van der Waals surface area (Å²) in [6.07, 6.45) is 0. The third-order valence-corrected chi connectivity index (χ3v) is 4.22. The molecule has 21 heavy (non-hydrogen) atoms. The van der Waals surface area contributed by atoms with E-state index in [4.69, 9.17) is 0 Å². The number of para-hydroxylation sites is 1. The third-order valence-electron chi connectivity index (χ3n) is 3.23. The van der Waals surface area contributed by atoms with Gasteiger partial charge in [-0.3, -0.25) is 0 Å². The van der Waals surface area contributed by atoms with Crippen molar-refractivity contribution in [3.8, 4) is 17.2 Å². The summed E-state index contributed by atoms with van der Waals surface area (Å²) in [7, 11) is 0. The highest BCUT2D eigenvalue weighted by molar-refractivity contribution is 7.10. The highest BCUT2D eigenvalue weighted by Crippen LogP contribution is 2.30. The fourth-order valence-corrected chi connectivity index (χ4v) is 3.06. The summed E-state index contributed by atoms with van der Waals surface area (Å²) in [6.45, 7) is 0. The lowest BCUT2D eigenvalue weighted by atomic mass is 10.1. The van der Waals surface area contributed by atoms with Gasteiger partial charge in [0.15, 0.2) is 0 Å². The van der Waals surface area contributed by atoms with Crippen molar-refractivity contribution >= 4 is 17.0 Å². The van der Waals surface area contributed by atoms with Crippen LogP contribution in [0.15, 0.2) is 72.1 Å². The number of benzene rings is 2. The van der Waals surface area contributed by atoms with E-state index in [0.717, 1.165) is 16.1 Å². The van der Waals surface area contributed by atoms with Crippen LogP contribution in [0.3, 0.4) is 0 Å². The number of nitrogens with zero attached hydrogens (tertiary/aromatic N) is 1. The molecule has 0 aliphatic carbocycles. The highest BCUT2D eigenvalue weighted by atomic mass is 32.1. The van der Waals surface area contributed by atoms with Crippen molar-refractivity contribution in [3.05, 3.63) is 77.0 Å². The number of anilines is 1. The zero-order valence-electron chi connectivity index (χ0n) is 11.4. The second-order valence-electron chi connectivity index (χ2n) is 4.68. The van der Waals surface area contributed by atoms with E-state index < -0.39 is 0 Å². The Balaban J connectivity index is 1.83. The van der Waals surface area contributed by atoms with Gasteiger partial charge in [0.05, 0.1) is 6.07 Å². The molecule has 2 aromatic carbocycles. The molecule has 0 spiro atoms. The average Bonchev–Trinajstić information content (AvgIpc) is 3.04. The number of hydrogen-bond acceptors (Lipinski definition) is 3. The minimum Gasteiger partial charge on any atom is -0.366 e. The standard InChI is InChI=1S/C18H14N2S/c19-12-17(20-16-9-5-2-6-10-16)18-11-15(13-21-18)14-7-3-1-4-8-14/h1-11,13,17,20H. The maximum Gasteiger partial charge on any atom is 0.149 e. The molecule has 1 heterocycles. The predicted octanol–water partition coefficient (Wildman–Crippen LogP) is 5.09. The van der Waals surface area contributed by atoms with Gasteiger partial charge in [-0.05, 0) is 34.7 Å². The Labute approximate surface area is 128 Å². The number of thiophene rings is 1. The van der Waals surface area contributed by atoms with Gasteiger partial charge >= 0.3 is 0 Å². The molecule has 1 N–H and O–H groups in total. The Kier molecular flexibility index (Phi) is 3.99. The van der Waals surface area contributed by atoms with Gasteiger partial charge in [0, 0.05) is 10.6 Å².